The first-order valence-electron chi connectivity index (χ1n) is 5.60. The summed E-state index contributed by atoms with van der Waals surface area (Å²) in [5.74, 6) is 0.178. The van der Waals surface area contributed by atoms with Crippen molar-refractivity contribution in [2.45, 2.75) is 6.04 Å². The molecule has 1 aromatic carbocycles. The molecule has 0 aromatic heterocycles. The summed E-state index contributed by atoms with van der Waals surface area (Å²) in [7, 11) is 2.08. The van der Waals surface area contributed by atoms with Crippen molar-refractivity contribution in [2.24, 2.45) is 0 Å². The first-order valence-corrected chi connectivity index (χ1v) is 5.60. The lowest BCUT2D eigenvalue weighted by Gasteiger charge is -2.44. The first kappa shape index (κ1) is 9.66. The molecule has 4 nitrogen and oxygen atoms in total. The zero-order valence-electron chi connectivity index (χ0n) is 9.31. The van der Waals surface area contributed by atoms with E-state index in [1.807, 2.05) is 23.1 Å². The lowest BCUT2D eigenvalue weighted by molar-refractivity contribution is -0.119. The van der Waals surface area contributed by atoms with Crippen LogP contribution < -0.4 is 15.1 Å². The number of carbonyl (C=O) groups excluding carboxylic acids is 1. The van der Waals surface area contributed by atoms with Crippen molar-refractivity contribution in [1.29, 1.82) is 0 Å². The first-order chi connectivity index (χ1) is 7.77. The summed E-state index contributed by atoms with van der Waals surface area (Å²) in [4.78, 5) is 16.1. The molecule has 1 N–H and O–H groups in total. The van der Waals surface area contributed by atoms with Crippen LogP contribution in [0.5, 0.6) is 0 Å². The van der Waals surface area contributed by atoms with Crippen LogP contribution in [-0.4, -0.2) is 38.6 Å². The number of likely N-dealkylation sites (N-methyl/N-ethyl adjacent to an activating group) is 1. The van der Waals surface area contributed by atoms with Gasteiger partial charge in [0.1, 0.15) is 0 Å². The molecule has 1 unspecified atom stereocenters. The topological polar surface area (TPSA) is 35.6 Å². The highest BCUT2D eigenvalue weighted by molar-refractivity contribution is 6.00. The Labute approximate surface area is 94.8 Å². The molecular weight excluding hydrogens is 202 g/mol. The third kappa shape index (κ3) is 1.30. The van der Waals surface area contributed by atoms with Crippen LogP contribution in [-0.2, 0) is 4.79 Å². The molecule has 0 aliphatic carbocycles. The van der Waals surface area contributed by atoms with E-state index in [2.05, 4.69) is 23.3 Å². The highest BCUT2D eigenvalue weighted by atomic mass is 16.2. The fraction of sp³-hybridized carbons (Fsp3) is 0.417. The minimum absolute atomic E-state index is 0.178. The number of piperazine rings is 1. The van der Waals surface area contributed by atoms with Gasteiger partial charge in [-0.05, 0) is 12.1 Å². The van der Waals surface area contributed by atoms with Crippen molar-refractivity contribution >= 4 is 17.3 Å². The van der Waals surface area contributed by atoms with E-state index in [-0.39, 0.29) is 11.9 Å². The maximum absolute atomic E-state index is 11.9. The van der Waals surface area contributed by atoms with Gasteiger partial charge in [0.25, 0.3) is 0 Å². The monoisotopic (exact) mass is 217 g/mol. The van der Waals surface area contributed by atoms with Gasteiger partial charge in [0.15, 0.2) is 0 Å². The molecular formula is C12H15N3O. The Balaban J connectivity index is 2.09. The van der Waals surface area contributed by atoms with Crippen LogP contribution in [0.2, 0.25) is 0 Å². The molecule has 1 atom stereocenters. The summed E-state index contributed by atoms with van der Waals surface area (Å²) >= 11 is 0. The maximum atomic E-state index is 11.9. The number of carbonyl (C=O) groups is 1. The van der Waals surface area contributed by atoms with Crippen LogP contribution in [0.15, 0.2) is 24.3 Å². The van der Waals surface area contributed by atoms with Crippen LogP contribution in [0.25, 0.3) is 0 Å². The number of hydrogen-bond acceptors (Lipinski definition) is 3. The average Bonchev–Trinajstić information content (AvgIpc) is 2.29. The van der Waals surface area contributed by atoms with Crippen molar-refractivity contribution < 1.29 is 4.79 Å². The van der Waals surface area contributed by atoms with Gasteiger partial charge in [0, 0.05) is 20.1 Å². The predicted octanol–water partition coefficient (Wildman–Crippen LogP) is 0.441. The Morgan fingerprint density at radius 1 is 1.31 bits per heavy atom. The second-order valence-electron chi connectivity index (χ2n) is 4.42. The summed E-state index contributed by atoms with van der Waals surface area (Å²) in [5, 5.41) is 3.17. The van der Waals surface area contributed by atoms with E-state index in [0.717, 1.165) is 24.5 Å². The molecule has 2 heterocycles. The third-order valence-corrected chi connectivity index (χ3v) is 3.33. The fourth-order valence-electron chi connectivity index (χ4n) is 2.61. The van der Waals surface area contributed by atoms with E-state index in [1.54, 1.807) is 0 Å². The average molecular weight is 217 g/mol. The van der Waals surface area contributed by atoms with E-state index < -0.39 is 0 Å². The van der Waals surface area contributed by atoms with Gasteiger partial charge in [-0.2, -0.15) is 0 Å². The maximum Gasteiger partial charge on any atom is 0.241 e. The SMILES string of the molecule is CN1CC2CNCC(=O)N2c2ccccc21. The van der Waals surface area contributed by atoms with E-state index in [4.69, 9.17) is 0 Å². The van der Waals surface area contributed by atoms with E-state index >= 15 is 0 Å². The Kier molecular flexibility index (Phi) is 2.11. The zero-order valence-corrected chi connectivity index (χ0v) is 9.31. The molecule has 84 valence electrons. The van der Waals surface area contributed by atoms with Crippen molar-refractivity contribution in [1.82, 2.24) is 5.32 Å². The Morgan fingerprint density at radius 3 is 2.88 bits per heavy atom. The lowest BCUT2D eigenvalue weighted by Crippen LogP contribution is -2.61. The number of anilines is 2. The summed E-state index contributed by atoms with van der Waals surface area (Å²) in [6.07, 6.45) is 0. The van der Waals surface area contributed by atoms with E-state index in [0.29, 0.717) is 6.54 Å². The van der Waals surface area contributed by atoms with Gasteiger partial charge < -0.3 is 15.1 Å². The van der Waals surface area contributed by atoms with Crippen LogP contribution in [0.3, 0.4) is 0 Å². The zero-order chi connectivity index (χ0) is 11.1. The number of hydrogen-bond donors (Lipinski definition) is 1. The standard InChI is InChI=1S/C12H15N3O/c1-14-8-9-6-13-7-12(16)15(9)11-5-3-2-4-10(11)14/h2-5,9,13H,6-8H2,1H3. The van der Waals surface area contributed by atoms with Crippen LogP contribution in [0.1, 0.15) is 0 Å². The second kappa shape index (κ2) is 3.49. The van der Waals surface area contributed by atoms with Crippen LogP contribution >= 0.6 is 0 Å². The number of fused-ring (bicyclic) bond motifs is 3. The molecule has 0 spiro atoms. The fourth-order valence-corrected chi connectivity index (χ4v) is 2.61. The Morgan fingerprint density at radius 2 is 2.06 bits per heavy atom. The Hall–Kier alpha value is -1.55. The molecule has 1 fully saturated rings. The van der Waals surface area contributed by atoms with Crippen LogP contribution in [0.4, 0.5) is 11.4 Å². The molecule has 3 rings (SSSR count). The summed E-state index contributed by atoms with van der Waals surface area (Å²) in [5.41, 5.74) is 2.20. The molecule has 0 saturated carbocycles. The van der Waals surface area contributed by atoms with Crippen molar-refractivity contribution in [3.63, 3.8) is 0 Å². The molecule has 16 heavy (non-hydrogen) atoms. The number of para-hydroxylation sites is 2. The molecule has 2 aliphatic rings. The highest BCUT2D eigenvalue weighted by Gasteiger charge is 2.35. The number of nitrogens with one attached hydrogen (secondary N) is 1. The largest absolute Gasteiger partial charge is 0.371 e. The van der Waals surface area contributed by atoms with Crippen LogP contribution in [0, 0.1) is 0 Å². The van der Waals surface area contributed by atoms with Gasteiger partial charge in [-0.1, -0.05) is 12.1 Å². The normalized spacial score (nSPS) is 24.1. The molecule has 0 radical (unpaired) electrons. The highest BCUT2D eigenvalue weighted by Crippen LogP contribution is 2.34. The van der Waals surface area contributed by atoms with Crippen molar-refractivity contribution in [2.75, 3.05) is 36.5 Å². The number of benzene rings is 1. The third-order valence-electron chi connectivity index (χ3n) is 3.33. The van der Waals surface area contributed by atoms with E-state index in [1.165, 1.54) is 0 Å². The van der Waals surface area contributed by atoms with Gasteiger partial charge in [0.05, 0.1) is 24.0 Å². The lowest BCUT2D eigenvalue weighted by atomic mass is 10.1. The molecule has 2 aliphatic heterocycles. The van der Waals surface area contributed by atoms with Gasteiger partial charge in [-0.25, -0.2) is 0 Å². The smallest absolute Gasteiger partial charge is 0.241 e. The molecule has 1 amide bonds. The quantitative estimate of drug-likeness (QED) is 0.685. The number of nitrogens with zero attached hydrogens (tertiary/aromatic N) is 2. The predicted molar refractivity (Wildman–Crippen MR) is 63.9 cm³/mol. The van der Waals surface area contributed by atoms with Gasteiger partial charge in [-0.3, -0.25) is 4.79 Å². The number of rotatable bonds is 0. The Bertz CT molecular complexity index is 432. The minimum atomic E-state index is 0.178. The molecule has 1 saturated heterocycles. The van der Waals surface area contributed by atoms with Gasteiger partial charge in [0.2, 0.25) is 5.91 Å². The van der Waals surface area contributed by atoms with Crippen molar-refractivity contribution in [3.8, 4) is 0 Å². The van der Waals surface area contributed by atoms with Gasteiger partial charge in [-0.15, -0.1) is 0 Å². The summed E-state index contributed by atoms with van der Waals surface area (Å²) < 4.78 is 0. The van der Waals surface area contributed by atoms with Gasteiger partial charge >= 0.3 is 0 Å². The number of amides is 1. The summed E-state index contributed by atoms with van der Waals surface area (Å²) in [6.45, 7) is 2.23. The minimum Gasteiger partial charge on any atom is -0.371 e. The second-order valence-corrected chi connectivity index (χ2v) is 4.42. The van der Waals surface area contributed by atoms with E-state index in [9.17, 15) is 4.79 Å². The molecule has 0 bridgehead atoms. The summed E-state index contributed by atoms with van der Waals surface area (Å²) in [6, 6.07) is 8.37. The molecule has 4 heteroatoms. The van der Waals surface area contributed by atoms with Crippen molar-refractivity contribution in [3.05, 3.63) is 24.3 Å². The molecule has 1 aromatic rings.